The number of carbonyl (C=O) groups excluding carboxylic acids is 1. The third kappa shape index (κ3) is 4.69. The molecule has 0 spiro atoms. The minimum absolute atomic E-state index is 0.0538. The van der Waals surface area contributed by atoms with Crippen LogP contribution in [0.4, 0.5) is 5.69 Å². The summed E-state index contributed by atoms with van der Waals surface area (Å²) in [7, 11) is 1.51. The predicted molar refractivity (Wildman–Crippen MR) is 135 cm³/mol. The normalized spacial score (nSPS) is 14.3. The third-order valence-electron chi connectivity index (χ3n) is 6.76. The zero-order valence-electron chi connectivity index (χ0n) is 20.1. The quantitative estimate of drug-likeness (QED) is 0.614. The van der Waals surface area contributed by atoms with E-state index in [1.807, 2.05) is 42.2 Å². The van der Waals surface area contributed by atoms with Gasteiger partial charge < -0.3 is 10.2 Å². The van der Waals surface area contributed by atoms with E-state index in [1.54, 1.807) is 4.57 Å². The van der Waals surface area contributed by atoms with E-state index in [-0.39, 0.29) is 23.1 Å². The van der Waals surface area contributed by atoms with E-state index >= 15 is 0 Å². The van der Waals surface area contributed by atoms with Crippen LogP contribution >= 0.6 is 0 Å². The van der Waals surface area contributed by atoms with Crippen LogP contribution in [0.3, 0.4) is 0 Å². The molecule has 7 nitrogen and oxygen atoms in total. The fourth-order valence-corrected chi connectivity index (χ4v) is 4.64. The first kappa shape index (κ1) is 23.5. The fraction of sp³-hybridized carbons (Fsp3) is 0.370. The van der Waals surface area contributed by atoms with Crippen molar-refractivity contribution in [3.05, 3.63) is 92.3 Å². The summed E-state index contributed by atoms with van der Waals surface area (Å²) < 4.78 is 2.75. The number of piperidine rings is 1. The number of para-hydroxylation sites is 1. The summed E-state index contributed by atoms with van der Waals surface area (Å²) in [5.41, 5.74) is 3.58. The number of benzene rings is 2. The Labute approximate surface area is 199 Å². The van der Waals surface area contributed by atoms with Gasteiger partial charge in [-0.3, -0.25) is 18.7 Å². The highest BCUT2D eigenvalue weighted by atomic mass is 16.2. The Morgan fingerprint density at radius 1 is 0.971 bits per heavy atom. The van der Waals surface area contributed by atoms with Gasteiger partial charge in [-0.1, -0.05) is 49.4 Å². The van der Waals surface area contributed by atoms with Gasteiger partial charge in [-0.15, -0.1) is 0 Å². The monoisotopic (exact) mass is 460 g/mol. The summed E-state index contributed by atoms with van der Waals surface area (Å²) in [4.78, 5) is 40.7. The lowest BCUT2D eigenvalue weighted by atomic mass is 9.95. The van der Waals surface area contributed by atoms with Crippen molar-refractivity contribution < 1.29 is 4.79 Å². The number of anilines is 1. The largest absolute Gasteiger partial charge is 0.366 e. The first-order valence-electron chi connectivity index (χ1n) is 11.9. The molecule has 0 bridgehead atoms. The Bertz CT molecular complexity index is 1270. The number of rotatable bonds is 6. The van der Waals surface area contributed by atoms with Gasteiger partial charge in [-0.2, -0.15) is 0 Å². The molecule has 3 aromatic rings. The number of hydrogen-bond acceptors (Lipinski definition) is 4. The van der Waals surface area contributed by atoms with Crippen LogP contribution in [-0.4, -0.2) is 28.1 Å². The highest BCUT2D eigenvalue weighted by Crippen LogP contribution is 2.24. The van der Waals surface area contributed by atoms with E-state index in [0.717, 1.165) is 22.2 Å². The van der Waals surface area contributed by atoms with Crippen molar-refractivity contribution in [2.75, 3.05) is 18.0 Å². The summed E-state index contributed by atoms with van der Waals surface area (Å²) in [6.45, 7) is 5.63. The summed E-state index contributed by atoms with van der Waals surface area (Å²) in [5, 5.41) is 3.06. The average molecular weight is 461 g/mol. The Balaban J connectivity index is 1.46. The Morgan fingerprint density at radius 2 is 1.59 bits per heavy atom. The molecular formula is C27H32N4O3. The van der Waals surface area contributed by atoms with Crippen molar-refractivity contribution in [2.45, 2.75) is 39.7 Å². The summed E-state index contributed by atoms with van der Waals surface area (Å²) in [5.74, 6) is -0.0338. The fourth-order valence-electron chi connectivity index (χ4n) is 4.64. The SMILES string of the molecule is CCc1ccc(CNC(=O)C2CCN(c3c(C)n(-c4ccccc4)c(=O)n(C)c3=O)CC2)cc1. The second kappa shape index (κ2) is 10.1. The lowest BCUT2D eigenvalue weighted by Crippen LogP contribution is -2.46. The Kier molecular flexibility index (Phi) is 7.01. The molecule has 0 unspecified atom stereocenters. The van der Waals surface area contributed by atoms with Crippen LogP contribution in [0.1, 0.15) is 36.6 Å². The van der Waals surface area contributed by atoms with E-state index in [2.05, 4.69) is 36.5 Å². The van der Waals surface area contributed by atoms with Gasteiger partial charge in [0.15, 0.2) is 0 Å². The Morgan fingerprint density at radius 3 is 2.21 bits per heavy atom. The highest BCUT2D eigenvalue weighted by Gasteiger charge is 2.28. The molecule has 1 fully saturated rings. The number of amides is 1. The van der Waals surface area contributed by atoms with Crippen molar-refractivity contribution in [3.8, 4) is 5.69 Å². The average Bonchev–Trinajstić information content (AvgIpc) is 2.87. The molecule has 0 saturated carbocycles. The third-order valence-corrected chi connectivity index (χ3v) is 6.76. The number of aryl methyl sites for hydroxylation is 1. The molecular weight excluding hydrogens is 428 g/mol. The van der Waals surface area contributed by atoms with Crippen molar-refractivity contribution in [2.24, 2.45) is 13.0 Å². The van der Waals surface area contributed by atoms with Gasteiger partial charge in [-0.25, -0.2) is 4.79 Å². The standard InChI is InChI=1S/C27H32N4O3/c1-4-20-10-12-21(13-11-20)18-28-25(32)22-14-16-30(17-15-22)24-19(2)31(23-8-6-5-7-9-23)27(34)29(3)26(24)33/h5-13,22H,4,14-18H2,1-3H3,(H,28,32). The summed E-state index contributed by atoms with van der Waals surface area (Å²) in [6, 6.07) is 17.6. The topological polar surface area (TPSA) is 76.3 Å². The van der Waals surface area contributed by atoms with Gasteiger partial charge >= 0.3 is 5.69 Å². The minimum Gasteiger partial charge on any atom is -0.366 e. The molecule has 1 N–H and O–H groups in total. The van der Waals surface area contributed by atoms with Crippen LogP contribution in [0.25, 0.3) is 5.69 Å². The number of hydrogen-bond donors (Lipinski definition) is 1. The molecule has 1 aliphatic heterocycles. The van der Waals surface area contributed by atoms with Crippen molar-refractivity contribution in [3.63, 3.8) is 0 Å². The van der Waals surface area contributed by atoms with Gasteiger partial charge in [-0.05, 0) is 49.4 Å². The van der Waals surface area contributed by atoms with E-state index < -0.39 is 0 Å². The lowest BCUT2D eigenvalue weighted by Gasteiger charge is -2.34. The van der Waals surface area contributed by atoms with Gasteiger partial charge in [0.2, 0.25) is 5.91 Å². The summed E-state index contributed by atoms with van der Waals surface area (Å²) in [6.07, 6.45) is 2.32. The maximum absolute atomic E-state index is 13.0. The van der Waals surface area contributed by atoms with Crippen molar-refractivity contribution in [1.29, 1.82) is 0 Å². The molecule has 4 rings (SSSR count). The van der Waals surface area contributed by atoms with Gasteiger partial charge in [0.1, 0.15) is 5.69 Å². The van der Waals surface area contributed by atoms with E-state index in [0.29, 0.717) is 43.9 Å². The lowest BCUT2D eigenvalue weighted by molar-refractivity contribution is -0.125. The van der Waals surface area contributed by atoms with Crippen LogP contribution in [0.15, 0.2) is 64.2 Å². The smallest absolute Gasteiger partial charge is 0.335 e. The minimum atomic E-state index is -0.362. The van der Waals surface area contributed by atoms with Crippen molar-refractivity contribution in [1.82, 2.24) is 14.5 Å². The molecule has 7 heteroatoms. The summed E-state index contributed by atoms with van der Waals surface area (Å²) >= 11 is 0. The molecule has 34 heavy (non-hydrogen) atoms. The van der Waals surface area contributed by atoms with Crippen molar-refractivity contribution >= 4 is 11.6 Å². The predicted octanol–water partition coefficient (Wildman–Crippen LogP) is 2.94. The highest BCUT2D eigenvalue weighted by molar-refractivity contribution is 5.79. The van der Waals surface area contributed by atoms with Crippen LogP contribution in [0.2, 0.25) is 0 Å². The van der Waals surface area contributed by atoms with Crippen LogP contribution in [0.5, 0.6) is 0 Å². The number of nitrogens with zero attached hydrogens (tertiary/aromatic N) is 3. The molecule has 1 aromatic heterocycles. The molecule has 178 valence electrons. The first-order valence-corrected chi connectivity index (χ1v) is 11.9. The molecule has 2 aromatic carbocycles. The van der Waals surface area contributed by atoms with Crippen LogP contribution in [-0.2, 0) is 24.8 Å². The number of carbonyl (C=O) groups is 1. The zero-order valence-corrected chi connectivity index (χ0v) is 20.1. The van der Waals surface area contributed by atoms with Crippen LogP contribution in [0, 0.1) is 12.8 Å². The molecule has 0 atom stereocenters. The molecule has 0 aliphatic carbocycles. The second-order valence-corrected chi connectivity index (χ2v) is 8.90. The Hall–Kier alpha value is -3.61. The maximum Gasteiger partial charge on any atom is 0.335 e. The molecule has 1 amide bonds. The number of nitrogens with one attached hydrogen (secondary N) is 1. The molecule has 0 radical (unpaired) electrons. The first-order chi connectivity index (χ1) is 16.4. The van der Waals surface area contributed by atoms with E-state index in [1.165, 1.54) is 12.6 Å². The zero-order chi connectivity index (χ0) is 24.2. The van der Waals surface area contributed by atoms with Gasteiger partial charge in [0.25, 0.3) is 5.56 Å². The maximum atomic E-state index is 13.0. The van der Waals surface area contributed by atoms with Gasteiger partial charge in [0, 0.05) is 32.6 Å². The molecule has 1 aliphatic rings. The van der Waals surface area contributed by atoms with E-state index in [9.17, 15) is 14.4 Å². The molecule has 2 heterocycles. The van der Waals surface area contributed by atoms with Gasteiger partial charge in [0.05, 0.1) is 11.4 Å². The van der Waals surface area contributed by atoms with E-state index in [4.69, 9.17) is 0 Å². The van der Waals surface area contributed by atoms with Crippen LogP contribution < -0.4 is 21.5 Å². The second-order valence-electron chi connectivity index (χ2n) is 8.90. The number of aromatic nitrogens is 2. The molecule has 1 saturated heterocycles.